The Morgan fingerprint density at radius 1 is 1.00 bits per heavy atom. The Bertz CT molecular complexity index is 1220. The van der Waals surface area contributed by atoms with Crippen LogP contribution in [0.1, 0.15) is 51.2 Å². The van der Waals surface area contributed by atoms with E-state index in [2.05, 4.69) is 5.32 Å². The molecule has 33 heavy (non-hydrogen) atoms. The van der Waals surface area contributed by atoms with Gasteiger partial charge in [-0.25, -0.2) is 4.79 Å². The third-order valence-corrected chi connectivity index (χ3v) is 5.88. The molecule has 0 radical (unpaired) electrons. The maximum atomic E-state index is 13.4. The maximum absolute atomic E-state index is 13.4. The van der Waals surface area contributed by atoms with Gasteiger partial charge in [0, 0.05) is 12.6 Å². The number of ketones is 1. The van der Waals surface area contributed by atoms with E-state index < -0.39 is 12.1 Å². The lowest BCUT2D eigenvalue weighted by Crippen LogP contribution is -2.14. The second kappa shape index (κ2) is 9.33. The van der Waals surface area contributed by atoms with Gasteiger partial charge in [-0.3, -0.25) is 4.79 Å². The van der Waals surface area contributed by atoms with Gasteiger partial charge in [-0.2, -0.15) is 0 Å². The molecule has 1 unspecified atom stereocenters. The van der Waals surface area contributed by atoms with Crippen LogP contribution in [0.25, 0.3) is 5.57 Å². The van der Waals surface area contributed by atoms with E-state index in [1.807, 2.05) is 81.4 Å². The highest BCUT2D eigenvalue weighted by atomic mass is 16.5. The van der Waals surface area contributed by atoms with Crippen LogP contribution in [0, 0.1) is 13.8 Å². The van der Waals surface area contributed by atoms with Crippen molar-refractivity contribution in [3.63, 3.8) is 0 Å². The maximum Gasteiger partial charge on any atom is 0.343 e. The zero-order valence-corrected chi connectivity index (χ0v) is 19.3. The average molecular weight is 442 g/mol. The summed E-state index contributed by atoms with van der Waals surface area (Å²) in [6.45, 7) is 5.81. The number of benzene rings is 3. The van der Waals surface area contributed by atoms with E-state index >= 15 is 0 Å². The van der Waals surface area contributed by atoms with Crippen LogP contribution >= 0.6 is 0 Å². The molecule has 0 aliphatic carbocycles. The molecule has 0 aromatic heterocycles. The molecule has 5 nitrogen and oxygen atoms in total. The first-order valence-corrected chi connectivity index (χ1v) is 11.0. The number of para-hydroxylation sites is 1. The predicted octanol–water partition coefficient (Wildman–Crippen LogP) is 5.31. The Morgan fingerprint density at radius 3 is 2.33 bits per heavy atom. The van der Waals surface area contributed by atoms with Crippen LogP contribution in [-0.2, 0) is 16.0 Å². The Balaban J connectivity index is 1.71. The molecule has 0 amide bonds. The van der Waals surface area contributed by atoms with Gasteiger partial charge in [0.05, 0.1) is 11.1 Å². The van der Waals surface area contributed by atoms with Crippen LogP contribution in [-0.4, -0.2) is 18.8 Å². The minimum atomic E-state index is -0.723. The number of carbonyl (C=O) groups excluding carboxylic acids is 2. The molecule has 1 heterocycles. The van der Waals surface area contributed by atoms with Crippen molar-refractivity contribution in [1.82, 2.24) is 5.32 Å². The molecular formula is C28H27NO4. The van der Waals surface area contributed by atoms with E-state index in [0.29, 0.717) is 34.8 Å². The molecule has 168 valence electrons. The second-order valence-corrected chi connectivity index (χ2v) is 8.06. The number of Topliss-reactive ketones (excluding diaryl/α,β-unsaturated/α-hetero) is 1. The molecule has 3 aromatic rings. The first kappa shape index (κ1) is 22.3. The fourth-order valence-corrected chi connectivity index (χ4v) is 4.12. The molecule has 0 spiro atoms. The molecule has 1 atom stereocenters. The van der Waals surface area contributed by atoms with E-state index in [0.717, 1.165) is 22.3 Å². The van der Waals surface area contributed by atoms with Gasteiger partial charge in [0.2, 0.25) is 5.78 Å². The quantitative estimate of drug-likeness (QED) is 0.415. The molecule has 0 saturated heterocycles. The summed E-state index contributed by atoms with van der Waals surface area (Å²) in [6.07, 6.45) is -0.0635. The van der Waals surface area contributed by atoms with Crippen molar-refractivity contribution < 1.29 is 19.1 Å². The first-order chi connectivity index (χ1) is 15.9. The predicted molar refractivity (Wildman–Crippen MR) is 128 cm³/mol. The van der Waals surface area contributed by atoms with Crippen molar-refractivity contribution in [3.8, 4) is 5.75 Å². The van der Waals surface area contributed by atoms with Gasteiger partial charge < -0.3 is 14.8 Å². The summed E-state index contributed by atoms with van der Waals surface area (Å²) in [4.78, 5) is 26.6. The fraction of sp³-hybridized carbons (Fsp3) is 0.214. The number of carbonyl (C=O) groups is 2. The number of esters is 1. The lowest BCUT2D eigenvalue weighted by atomic mass is 9.93. The number of aryl methyl sites for hydroxylation is 3. The second-order valence-electron chi connectivity index (χ2n) is 8.06. The Labute approximate surface area is 194 Å². The Hall–Kier alpha value is -3.86. The molecule has 5 heteroatoms. The highest BCUT2D eigenvalue weighted by molar-refractivity contribution is 6.25. The van der Waals surface area contributed by atoms with Crippen molar-refractivity contribution in [2.45, 2.75) is 33.3 Å². The molecule has 1 aliphatic heterocycles. The third-order valence-electron chi connectivity index (χ3n) is 5.88. The zero-order valence-electron chi connectivity index (χ0n) is 19.3. The van der Waals surface area contributed by atoms with Crippen molar-refractivity contribution in [1.29, 1.82) is 0 Å². The van der Waals surface area contributed by atoms with Crippen molar-refractivity contribution in [2.75, 3.05) is 7.05 Å². The molecule has 0 bridgehead atoms. The summed E-state index contributed by atoms with van der Waals surface area (Å²) in [5.74, 6) is 0.370. The van der Waals surface area contributed by atoms with E-state index in [1.54, 1.807) is 13.1 Å². The van der Waals surface area contributed by atoms with Gasteiger partial charge in [-0.15, -0.1) is 0 Å². The monoisotopic (exact) mass is 441 g/mol. The minimum Gasteiger partial charge on any atom is -0.462 e. The first-order valence-electron chi connectivity index (χ1n) is 11.0. The van der Waals surface area contributed by atoms with E-state index in [-0.39, 0.29) is 5.78 Å². The fourth-order valence-electron chi connectivity index (χ4n) is 4.12. The average Bonchev–Trinajstić information content (AvgIpc) is 3.17. The van der Waals surface area contributed by atoms with Gasteiger partial charge in [-0.05, 0) is 48.6 Å². The van der Waals surface area contributed by atoms with Crippen LogP contribution in [0.4, 0.5) is 0 Å². The summed E-state index contributed by atoms with van der Waals surface area (Å²) < 4.78 is 11.8. The van der Waals surface area contributed by atoms with E-state index in [9.17, 15) is 9.59 Å². The van der Waals surface area contributed by atoms with Crippen LogP contribution in [0.5, 0.6) is 5.75 Å². The van der Waals surface area contributed by atoms with Gasteiger partial charge in [0.25, 0.3) is 0 Å². The molecule has 1 N–H and O–H groups in total. The van der Waals surface area contributed by atoms with Gasteiger partial charge >= 0.3 is 5.97 Å². The largest absolute Gasteiger partial charge is 0.462 e. The highest BCUT2D eigenvalue weighted by Gasteiger charge is 2.37. The number of hydrogen-bond donors (Lipinski definition) is 1. The number of nitrogens with one attached hydrogen (secondary N) is 1. The number of rotatable bonds is 6. The number of ether oxygens (including phenoxy) is 2. The van der Waals surface area contributed by atoms with Crippen LogP contribution < -0.4 is 10.1 Å². The van der Waals surface area contributed by atoms with Gasteiger partial charge in [0.1, 0.15) is 5.75 Å². The summed E-state index contributed by atoms with van der Waals surface area (Å²) in [5.41, 5.74) is 4.91. The zero-order chi connectivity index (χ0) is 23.5. The van der Waals surface area contributed by atoms with Crippen molar-refractivity contribution in [2.24, 2.45) is 0 Å². The van der Waals surface area contributed by atoms with E-state index in [1.165, 1.54) is 0 Å². The SMILES string of the molecule is CCc1ccc(C2=C(NC)OC(c3ccccc3)C2=O)cc1C(=O)Oc1c(C)cccc1C. The lowest BCUT2D eigenvalue weighted by molar-refractivity contribution is -0.120. The summed E-state index contributed by atoms with van der Waals surface area (Å²) in [7, 11) is 1.71. The topological polar surface area (TPSA) is 64.6 Å². The molecular weight excluding hydrogens is 414 g/mol. The Kier molecular flexibility index (Phi) is 6.31. The van der Waals surface area contributed by atoms with Crippen LogP contribution in [0.2, 0.25) is 0 Å². The van der Waals surface area contributed by atoms with E-state index in [4.69, 9.17) is 9.47 Å². The standard InChI is InChI=1S/C28H27NO4/c1-5-19-14-15-21(16-22(19)28(31)33-25-17(2)10-9-11-18(25)3)23-24(30)26(32-27(23)29-4)20-12-7-6-8-13-20/h6-16,26,29H,5H2,1-4H3. The number of hydrogen-bond acceptors (Lipinski definition) is 5. The molecule has 4 rings (SSSR count). The summed E-state index contributed by atoms with van der Waals surface area (Å²) in [6, 6.07) is 20.6. The highest BCUT2D eigenvalue weighted by Crippen LogP contribution is 2.37. The van der Waals surface area contributed by atoms with Gasteiger partial charge in [-0.1, -0.05) is 67.6 Å². The van der Waals surface area contributed by atoms with Gasteiger partial charge in [0.15, 0.2) is 12.0 Å². The molecule has 1 aliphatic rings. The van der Waals surface area contributed by atoms with Crippen molar-refractivity contribution >= 4 is 17.3 Å². The third kappa shape index (κ3) is 4.27. The molecule has 3 aromatic carbocycles. The van der Waals surface area contributed by atoms with Crippen LogP contribution in [0.3, 0.4) is 0 Å². The minimum absolute atomic E-state index is 0.149. The molecule has 0 fully saturated rings. The smallest absolute Gasteiger partial charge is 0.343 e. The summed E-state index contributed by atoms with van der Waals surface area (Å²) in [5, 5.41) is 3.00. The lowest BCUT2D eigenvalue weighted by Gasteiger charge is -2.13. The molecule has 0 saturated carbocycles. The summed E-state index contributed by atoms with van der Waals surface area (Å²) >= 11 is 0. The van der Waals surface area contributed by atoms with Crippen molar-refractivity contribution in [3.05, 3.63) is 106 Å². The normalized spacial score (nSPS) is 15.4. The Morgan fingerprint density at radius 2 is 1.70 bits per heavy atom. The van der Waals surface area contributed by atoms with Crippen LogP contribution in [0.15, 0.2) is 72.6 Å².